The smallest absolute Gasteiger partial charge is 0.227 e. The number of benzene rings is 2. The summed E-state index contributed by atoms with van der Waals surface area (Å²) in [6.07, 6.45) is 2.11. The minimum atomic E-state index is -0.306. The van der Waals surface area contributed by atoms with E-state index < -0.39 is 0 Å². The third kappa shape index (κ3) is 4.31. The number of hydrogen-bond donors (Lipinski definition) is 0. The standard InChI is InChI=1S/C19H20FNO2/c20-16-7-4-6-15(12-16)13-19(22)21-11-5-10-18(14-21)23-17-8-2-1-3-9-17/h1-4,6-9,12,18H,5,10-11,13-14H2. The molecule has 1 aliphatic rings. The number of rotatable bonds is 4. The quantitative estimate of drug-likeness (QED) is 0.865. The van der Waals surface area contributed by atoms with Crippen molar-refractivity contribution in [2.24, 2.45) is 0 Å². The minimum Gasteiger partial charge on any atom is -0.489 e. The van der Waals surface area contributed by atoms with Crippen LogP contribution in [0.4, 0.5) is 4.39 Å². The second-order valence-corrected chi connectivity index (χ2v) is 5.84. The van der Waals surface area contributed by atoms with Gasteiger partial charge in [-0.05, 0) is 42.7 Å². The van der Waals surface area contributed by atoms with Gasteiger partial charge in [0.05, 0.1) is 13.0 Å². The average molecular weight is 313 g/mol. The van der Waals surface area contributed by atoms with Crippen LogP contribution in [0.2, 0.25) is 0 Å². The number of amides is 1. The van der Waals surface area contributed by atoms with Gasteiger partial charge in [0, 0.05) is 6.54 Å². The predicted octanol–water partition coefficient (Wildman–Crippen LogP) is 3.44. The number of likely N-dealkylation sites (tertiary alicyclic amines) is 1. The number of halogens is 1. The molecular weight excluding hydrogens is 293 g/mol. The van der Waals surface area contributed by atoms with Crippen LogP contribution in [0.15, 0.2) is 54.6 Å². The zero-order valence-electron chi connectivity index (χ0n) is 13.0. The molecule has 3 rings (SSSR count). The Hall–Kier alpha value is -2.36. The second kappa shape index (κ2) is 7.27. The summed E-state index contributed by atoms with van der Waals surface area (Å²) < 4.78 is 19.2. The molecule has 2 aromatic rings. The first-order valence-corrected chi connectivity index (χ1v) is 7.94. The third-order valence-electron chi connectivity index (χ3n) is 4.02. The summed E-state index contributed by atoms with van der Waals surface area (Å²) in [5.74, 6) is 0.549. The van der Waals surface area contributed by atoms with Crippen molar-refractivity contribution < 1.29 is 13.9 Å². The predicted molar refractivity (Wildman–Crippen MR) is 86.8 cm³/mol. The molecule has 0 aliphatic carbocycles. The fraction of sp³-hybridized carbons (Fsp3) is 0.316. The highest BCUT2D eigenvalue weighted by atomic mass is 19.1. The fourth-order valence-electron chi connectivity index (χ4n) is 2.89. The van der Waals surface area contributed by atoms with Gasteiger partial charge >= 0.3 is 0 Å². The van der Waals surface area contributed by atoms with Crippen molar-refractivity contribution in [2.45, 2.75) is 25.4 Å². The SMILES string of the molecule is O=C(Cc1cccc(F)c1)N1CCCC(Oc2ccccc2)C1. The third-order valence-corrected chi connectivity index (χ3v) is 4.02. The number of nitrogens with zero attached hydrogens (tertiary/aromatic N) is 1. The van der Waals surface area contributed by atoms with Crippen molar-refractivity contribution in [2.75, 3.05) is 13.1 Å². The van der Waals surface area contributed by atoms with Gasteiger partial charge in [-0.1, -0.05) is 30.3 Å². The van der Waals surface area contributed by atoms with Crippen LogP contribution in [0, 0.1) is 5.82 Å². The normalized spacial score (nSPS) is 17.8. The molecule has 2 aromatic carbocycles. The first-order chi connectivity index (χ1) is 11.2. The lowest BCUT2D eigenvalue weighted by atomic mass is 10.1. The zero-order chi connectivity index (χ0) is 16.1. The van der Waals surface area contributed by atoms with E-state index in [1.165, 1.54) is 12.1 Å². The summed E-state index contributed by atoms with van der Waals surface area (Å²) in [7, 11) is 0. The summed E-state index contributed by atoms with van der Waals surface area (Å²) >= 11 is 0. The van der Waals surface area contributed by atoms with Crippen molar-refractivity contribution >= 4 is 5.91 Å². The van der Waals surface area contributed by atoms with E-state index in [1.807, 2.05) is 35.2 Å². The van der Waals surface area contributed by atoms with E-state index in [0.717, 1.165) is 25.1 Å². The molecule has 1 aliphatic heterocycles. The molecule has 1 heterocycles. The monoisotopic (exact) mass is 313 g/mol. The van der Waals surface area contributed by atoms with Crippen LogP contribution in [-0.4, -0.2) is 30.0 Å². The molecule has 0 aromatic heterocycles. The van der Waals surface area contributed by atoms with E-state index in [9.17, 15) is 9.18 Å². The summed E-state index contributed by atoms with van der Waals surface area (Å²) in [5, 5.41) is 0. The molecule has 0 N–H and O–H groups in total. The second-order valence-electron chi connectivity index (χ2n) is 5.84. The number of carbonyl (C=O) groups excluding carboxylic acids is 1. The molecule has 120 valence electrons. The van der Waals surface area contributed by atoms with Gasteiger partial charge in [-0.15, -0.1) is 0 Å². The van der Waals surface area contributed by atoms with E-state index >= 15 is 0 Å². The van der Waals surface area contributed by atoms with Gasteiger partial charge in [0.2, 0.25) is 5.91 Å². The summed E-state index contributed by atoms with van der Waals surface area (Å²) in [6.45, 7) is 1.33. The minimum absolute atomic E-state index is 0.0163. The van der Waals surface area contributed by atoms with E-state index in [0.29, 0.717) is 12.1 Å². The van der Waals surface area contributed by atoms with Gasteiger partial charge in [0.15, 0.2) is 0 Å². The summed E-state index contributed by atoms with van der Waals surface area (Å²) in [4.78, 5) is 14.2. The topological polar surface area (TPSA) is 29.5 Å². The number of piperidine rings is 1. The van der Waals surface area contributed by atoms with Crippen molar-refractivity contribution in [3.63, 3.8) is 0 Å². The van der Waals surface area contributed by atoms with E-state index in [-0.39, 0.29) is 24.2 Å². The average Bonchev–Trinajstić information content (AvgIpc) is 2.56. The molecule has 1 atom stereocenters. The lowest BCUT2D eigenvalue weighted by Crippen LogP contribution is -2.45. The van der Waals surface area contributed by atoms with Crippen LogP contribution in [0.25, 0.3) is 0 Å². The fourth-order valence-corrected chi connectivity index (χ4v) is 2.89. The van der Waals surface area contributed by atoms with Crippen molar-refractivity contribution in [1.82, 2.24) is 4.90 Å². The Morgan fingerprint density at radius 1 is 1.17 bits per heavy atom. The van der Waals surface area contributed by atoms with Gasteiger partial charge in [0.1, 0.15) is 17.7 Å². The molecule has 1 unspecified atom stereocenters. The van der Waals surface area contributed by atoms with Crippen LogP contribution in [-0.2, 0) is 11.2 Å². The maximum atomic E-state index is 13.2. The Morgan fingerprint density at radius 2 is 2.00 bits per heavy atom. The highest BCUT2D eigenvalue weighted by Gasteiger charge is 2.24. The van der Waals surface area contributed by atoms with Crippen molar-refractivity contribution in [3.05, 3.63) is 66.0 Å². The molecule has 1 amide bonds. The molecule has 0 saturated carbocycles. The highest BCUT2D eigenvalue weighted by Crippen LogP contribution is 2.19. The van der Waals surface area contributed by atoms with Crippen LogP contribution in [0.1, 0.15) is 18.4 Å². The molecule has 3 nitrogen and oxygen atoms in total. The van der Waals surface area contributed by atoms with Crippen molar-refractivity contribution in [1.29, 1.82) is 0 Å². The van der Waals surface area contributed by atoms with Crippen LogP contribution in [0.5, 0.6) is 5.75 Å². The first-order valence-electron chi connectivity index (χ1n) is 7.94. The molecule has 0 radical (unpaired) electrons. The summed E-state index contributed by atoms with van der Waals surface area (Å²) in [6, 6.07) is 15.9. The Kier molecular flexibility index (Phi) is 4.91. The Morgan fingerprint density at radius 3 is 2.78 bits per heavy atom. The van der Waals surface area contributed by atoms with Gasteiger partial charge in [-0.2, -0.15) is 0 Å². The zero-order valence-corrected chi connectivity index (χ0v) is 13.0. The molecule has 1 fully saturated rings. The van der Waals surface area contributed by atoms with Crippen LogP contribution in [0.3, 0.4) is 0 Å². The largest absolute Gasteiger partial charge is 0.489 e. The van der Waals surface area contributed by atoms with Crippen molar-refractivity contribution in [3.8, 4) is 5.75 Å². The molecule has 23 heavy (non-hydrogen) atoms. The lowest BCUT2D eigenvalue weighted by molar-refractivity contribution is -0.133. The van der Waals surface area contributed by atoms with Gasteiger partial charge < -0.3 is 9.64 Å². The molecule has 4 heteroatoms. The number of ether oxygens (including phenoxy) is 1. The van der Waals surface area contributed by atoms with Gasteiger partial charge in [-0.25, -0.2) is 4.39 Å². The molecule has 0 bridgehead atoms. The van der Waals surface area contributed by atoms with Gasteiger partial charge in [-0.3, -0.25) is 4.79 Å². The first kappa shape index (κ1) is 15.5. The summed E-state index contributed by atoms with van der Waals surface area (Å²) in [5.41, 5.74) is 0.709. The maximum Gasteiger partial charge on any atom is 0.227 e. The lowest BCUT2D eigenvalue weighted by Gasteiger charge is -2.33. The highest BCUT2D eigenvalue weighted by molar-refractivity contribution is 5.78. The Balaban J connectivity index is 1.58. The molecule has 0 spiro atoms. The Bertz CT molecular complexity index is 659. The molecule has 1 saturated heterocycles. The maximum absolute atomic E-state index is 13.2. The van der Waals surface area contributed by atoms with Crippen LogP contribution >= 0.6 is 0 Å². The Labute approximate surface area is 135 Å². The van der Waals surface area contributed by atoms with E-state index in [1.54, 1.807) is 12.1 Å². The number of carbonyl (C=O) groups is 1. The van der Waals surface area contributed by atoms with E-state index in [2.05, 4.69) is 0 Å². The number of hydrogen-bond acceptors (Lipinski definition) is 2. The van der Waals surface area contributed by atoms with Gasteiger partial charge in [0.25, 0.3) is 0 Å². The number of para-hydroxylation sites is 1. The van der Waals surface area contributed by atoms with Crippen LogP contribution < -0.4 is 4.74 Å². The van der Waals surface area contributed by atoms with E-state index in [4.69, 9.17) is 4.74 Å². The molecular formula is C19H20FNO2.